The lowest BCUT2D eigenvalue weighted by atomic mass is 10.2. The van der Waals surface area contributed by atoms with Crippen molar-refractivity contribution in [1.29, 1.82) is 0 Å². The highest BCUT2D eigenvalue weighted by Crippen LogP contribution is 2.34. The van der Waals surface area contributed by atoms with E-state index >= 15 is 0 Å². The van der Waals surface area contributed by atoms with E-state index in [1.807, 2.05) is 36.4 Å². The monoisotopic (exact) mass is 538 g/mol. The number of amides is 1. The quantitative estimate of drug-likeness (QED) is 0.404. The summed E-state index contributed by atoms with van der Waals surface area (Å²) in [5.41, 5.74) is 1.58. The van der Waals surface area contributed by atoms with Gasteiger partial charge in [-0.2, -0.15) is 0 Å². The maximum atomic E-state index is 13.0. The summed E-state index contributed by atoms with van der Waals surface area (Å²) in [4.78, 5) is 30.4. The van der Waals surface area contributed by atoms with E-state index in [4.69, 9.17) is 14.6 Å². The molecule has 156 valence electrons. The maximum absolute atomic E-state index is 13.0. The maximum Gasteiger partial charge on any atom is 0.341 e. The molecule has 0 atom stereocenters. The van der Waals surface area contributed by atoms with E-state index in [1.165, 1.54) is 11.8 Å². The van der Waals surface area contributed by atoms with Crippen molar-refractivity contribution in [3.8, 4) is 5.75 Å². The van der Waals surface area contributed by atoms with Crippen molar-refractivity contribution in [1.82, 2.24) is 4.90 Å². The summed E-state index contributed by atoms with van der Waals surface area (Å²) >= 11 is 3.39. The van der Waals surface area contributed by atoms with Crippen molar-refractivity contribution in [2.45, 2.75) is 0 Å². The summed E-state index contributed by atoms with van der Waals surface area (Å²) in [6, 6.07) is 14.8. The summed E-state index contributed by atoms with van der Waals surface area (Å²) in [6.07, 6.45) is 1.80. The SMILES string of the molecule is COCCN1C(=O)/C(=C\c2ccc(OCC(=O)O)c(I)c2)SC1=Nc1ccccc1. The normalized spacial score (nSPS) is 16.5. The number of amidine groups is 1. The van der Waals surface area contributed by atoms with Crippen LogP contribution in [0.25, 0.3) is 6.08 Å². The Labute approximate surface area is 191 Å². The molecular formula is C21H19IN2O5S. The van der Waals surface area contributed by atoms with E-state index in [1.54, 1.807) is 30.2 Å². The van der Waals surface area contributed by atoms with Gasteiger partial charge in [0, 0.05) is 7.11 Å². The standard InChI is InChI=1S/C21H19IN2O5S/c1-28-10-9-24-20(27)18(30-21(24)23-15-5-3-2-4-6-15)12-14-7-8-17(16(22)11-14)29-13-19(25)26/h2-8,11-12H,9-10,13H2,1H3,(H,25,26)/b18-12+,23-21?. The molecule has 0 aliphatic carbocycles. The van der Waals surface area contributed by atoms with Gasteiger partial charge in [-0.3, -0.25) is 9.69 Å². The molecule has 1 N–H and O–H groups in total. The Bertz CT molecular complexity index is 994. The molecule has 1 fully saturated rings. The van der Waals surface area contributed by atoms with Crippen molar-refractivity contribution < 1.29 is 24.2 Å². The van der Waals surface area contributed by atoms with Gasteiger partial charge >= 0.3 is 5.97 Å². The fraction of sp³-hybridized carbons (Fsp3) is 0.190. The predicted octanol–water partition coefficient (Wildman–Crippen LogP) is 4.01. The number of thioether (sulfide) groups is 1. The number of carboxylic acid groups (broad SMARTS) is 1. The Morgan fingerprint density at radius 3 is 2.70 bits per heavy atom. The summed E-state index contributed by atoms with van der Waals surface area (Å²) in [6.45, 7) is 0.407. The number of benzene rings is 2. The first kappa shape index (κ1) is 22.3. The van der Waals surface area contributed by atoms with Crippen molar-refractivity contribution in [2.75, 3.05) is 26.9 Å². The second-order valence-electron chi connectivity index (χ2n) is 6.16. The second-order valence-corrected chi connectivity index (χ2v) is 8.33. The first-order valence-electron chi connectivity index (χ1n) is 8.96. The molecule has 0 aromatic heterocycles. The number of carboxylic acids is 1. The number of carbonyl (C=O) groups excluding carboxylic acids is 1. The number of carbonyl (C=O) groups is 2. The van der Waals surface area contributed by atoms with E-state index in [0.717, 1.165) is 14.8 Å². The van der Waals surface area contributed by atoms with Crippen LogP contribution in [0.2, 0.25) is 0 Å². The molecule has 7 nitrogen and oxygen atoms in total. The lowest BCUT2D eigenvalue weighted by molar-refractivity contribution is -0.139. The summed E-state index contributed by atoms with van der Waals surface area (Å²) < 4.78 is 11.1. The number of hydrogen-bond donors (Lipinski definition) is 1. The molecule has 0 radical (unpaired) electrons. The number of rotatable bonds is 8. The molecule has 2 aromatic carbocycles. The lowest BCUT2D eigenvalue weighted by Gasteiger charge is -2.14. The topological polar surface area (TPSA) is 88.4 Å². The van der Waals surface area contributed by atoms with E-state index in [9.17, 15) is 9.59 Å². The average Bonchev–Trinajstić information content (AvgIpc) is 3.00. The number of aliphatic imine (C=N–C) groups is 1. The zero-order chi connectivity index (χ0) is 21.5. The van der Waals surface area contributed by atoms with Crippen LogP contribution in [0.15, 0.2) is 58.4 Å². The number of aliphatic carboxylic acids is 1. The van der Waals surface area contributed by atoms with Crippen LogP contribution < -0.4 is 4.74 Å². The van der Waals surface area contributed by atoms with Gasteiger partial charge in [0.15, 0.2) is 11.8 Å². The van der Waals surface area contributed by atoms with Gasteiger partial charge < -0.3 is 14.6 Å². The molecule has 1 saturated heterocycles. The van der Waals surface area contributed by atoms with Crippen LogP contribution >= 0.6 is 34.4 Å². The van der Waals surface area contributed by atoms with Crippen LogP contribution in [0.1, 0.15) is 5.56 Å². The Hall–Kier alpha value is -2.37. The van der Waals surface area contributed by atoms with Crippen LogP contribution in [0.3, 0.4) is 0 Å². The molecule has 1 amide bonds. The summed E-state index contributed by atoms with van der Waals surface area (Å²) in [7, 11) is 1.59. The predicted molar refractivity (Wildman–Crippen MR) is 125 cm³/mol. The minimum Gasteiger partial charge on any atom is -0.481 e. The summed E-state index contributed by atoms with van der Waals surface area (Å²) in [5, 5.41) is 9.36. The van der Waals surface area contributed by atoms with E-state index in [-0.39, 0.29) is 5.91 Å². The van der Waals surface area contributed by atoms with E-state index < -0.39 is 12.6 Å². The summed E-state index contributed by atoms with van der Waals surface area (Å²) in [5.74, 6) is -0.683. The minimum absolute atomic E-state index is 0.132. The highest BCUT2D eigenvalue weighted by atomic mass is 127. The Kier molecular flexibility index (Phi) is 7.88. The average molecular weight is 538 g/mol. The van der Waals surface area contributed by atoms with E-state index in [0.29, 0.717) is 29.0 Å². The number of para-hydroxylation sites is 1. The smallest absolute Gasteiger partial charge is 0.341 e. The molecule has 0 saturated carbocycles. The molecule has 2 aromatic rings. The van der Waals surface area contributed by atoms with Gasteiger partial charge in [0.2, 0.25) is 0 Å². The molecule has 0 spiro atoms. The molecule has 0 unspecified atom stereocenters. The largest absolute Gasteiger partial charge is 0.481 e. The zero-order valence-electron chi connectivity index (χ0n) is 16.1. The van der Waals surface area contributed by atoms with Crippen LogP contribution in [-0.2, 0) is 14.3 Å². The molecule has 9 heteroatoms. The highest BCUT2D eigenvalue weighted by Gasteiger charge is 2.33. The van der Waals surface area contributed by atoms with Gasteiger partial charge in [-0.1, -0.05) is 24.3 Å². The van der Waals surface area contributed by atoms with Gasteiger partial charge in [0.05, 0.1) is 27.3 Å². The number of ether oxygens (including phenoxy) is 2. The Morgan fingerprint density at radius 2 is 2.03 bits per heavy atom. The van der Waals surface area contributed by atoms with Crippen LogP contribution in [0, 0.1) is 3.57 Å². The Balaban J connectivity index is 1.85. The molecule has 0 bridgehead atoms. The van der Waals surface area contributed by atoms with Crippen molar-refractivity contribution in [2.24, 2.45) is 4.99 Å². The van der Waals surface area contributed by atoms with Crippen molar-refractivity contribution >= 4 is 63.2 Å². The second kappa shape index (κ2) is 10.6. The van der Waals surface area contributed by atoms with Crippen LogP contribution in [0.5, 0.6) is 5.75 Å². The molecule has 1 heterocycles. The molecule has 1 aliphatic rings. The van der Waals surface area contributed by atoms with Gasteiger partial charge in [-0.05, 0) is 70.3 Å². The third kappa shape index (κ3) is 5.83. The third-order valence-corrected chi connectivity index (χ3v) is 5.84. The van der Waals surface area contributed by atoms with E-state index in [2.05, 4.69) is 27.6 Å². The molecule has 3 rings (SSSR count). The first-order chi connectivity index (χ1) is 14.5. The van der Waals surface area contributed by atoms with Crippen LogP contribution in [0.4, 0.5) is 5.69 Å². The molecular weight excluding hydrogens is 519 g/mol. The lowest BCUT2D eigenvalue weighted by Crippen LogP contribution is -2.32. The first-order valence-corrected chi connectivity index (χ1v) is 10.9. The fourth-order valence-electron chi connectivity index (χ4n) is 2.60. The zero-order valence-corrected chi connectivity index (χ0v) is 19.1. The van der Waals surface area contributed by atoms with Crippen LogP contribution in [-0.4, -0.2) is 53.9 Å². The fourth-order valence-corrected chi connectivity index (χ4v) is 4.32. The Morgan fingerprint density at radius 1 is 1.27 bits per heavy atom. The van der Waals surface area contributed by atoms with Crippen molar-refractivity contribution in [3.05, 3.63) is 62.6 Å². The van der Waals surface area contributed by atoms with Gasteiger partial charge in [0.25, 0.3) is 5.91 Å². The third-order valence-electron chi connectivity index (χ3n) is 3.99. The molecule has 30 heavy (non-hydrogen) atoms. The minimum atomic E-state index is -1.04. The number of hydrogen-bond acceptors (Lipinski definition) is 6. The number of halogens is 1. The number of nitrogens with zero attached hydrogens (tertiary/aromatic N) is 2. The highest BCUT2D eigenvalue weighted by molar-refractivity contribution is 14.1. The van der Waals surface area contributed by atoms with Gasteiger partial charge in [-0.15, -0.1) is 0 Å². The molecule has 1 aliphatic heterocycles. The van der Waals surface area contributed by atoms with Crippen molar-refractivity contribution in [3.63, 3.8) is 0 Å². The van der Waals surface area contributed by atoms with Gasteiger partial charge in [-0.25, -0.2) is 9.79 Å². The van der Waals surface area contributed by atoms with Gasteiger partial charge in [0.1, 0.15) is 5.75 Å². The number of methoxy groups -OCH3 is 1.